The lowest BCUT2D eigenvalue weighted by atomic mass is 10.5. The molecule has 0 aromatic rings. The summed E-state index contributed by atoms with van der Waals surface area (Å²) in [5, 5.41) is 24.7. The fourth-order valence-corrected chi connectivity index (χ4v) is 0.494. The van der Waals surface area contributed by atoms with Gasteiger partial charge in [0.15, 0.2) is 0 Å². The lowest BCUT2D eigenvalue weighted by Crippen LogP contribution is -2.43. The molecular formula is C5H7NO6. The summed E-state index contributed by atoms with van der Waals surface area (Å²) in [6, 6.07) is 0. The van der Waals surface area contributed by atoms with Gasteiger partial charge in [-0.05, 0) is 0 Å². The Kier molecular flexibility index (Phi) is 3.88. The predicted molar refractivity (Wildman–Crippen MR) is 34.0 cm³/mol. The molecule has 7 nitrogen and oxygen atoms in total. The smallest absolute Gasteiger partial charge is 0.421 e. The number of amides is 3. The highest BCUT2D eigenvalue weighted by molar-refractivity contribution is 6.08. The van der Waals surface area contributed by atoms with Crippen molar-refractivity contribution in [2.75, 3.05) is 13.2 Å². The summed E-state index contributed by atoms with van der Waals surface area (Å²) < 4.78 is 0. The Balaban J connectivity index is 4.55. The van der Waals surface area contributed by atoms with Crippen LogP contribution >= 0.6 is 0 Å². The molecule has 0 spiro atoms. The minimum atomic E-state index is -1.83. The number of hydrogen-bond donors (Lipinski definition) is 3. The second-order valence-corrected chi connectivity index (χ2v) is 1.72. The van der Waals surface area contributed by atoms with Crippen LogP contribution in [0.25, 0.3) is 0 Å². The van der Waals surface area contributed by atoms with Gasteiger partial charge in [-0.15, -0.1) is 0 Å². The van der Waals surface area contributed by atoms with Crippen molar-refractivity contribution in [1.82, 2.24) is 4.90 Å². The van der Waals surface area contributed by atoms with Crippen LogP contribution in [-0.4, -0.2) is 51.3 Å². The van der Waals surface area contributed by atoms with Gasteiger partial charge >= 0.3 is 6.09 Å². The van der Waals surface area contributed by atoms with Crippen molar-refractivity contribution in [3.05, 3.63) is 0 Å². The zero-order valence-electron chi connectivity index (χ0n) is 5.93. The van der Waals surface area contributed by atoms with E-state index in [9.17, 15) is 14.4 Å². The summed E-state index contributed by atoms with van der Waals surface area (Å²) in [5.41, 5.74) is 0. The molecular weight excluding hydrogens is 170 g/mol. The van der Waals surface area contributed by atoms with Crippen LogP contribution in [0.15, 0.2) is 0 Å². The van der Waals surface area contributed by atoms with Crippen molar-refractivity contribution >= 4 is 17.9 Å². The number of hydrogen-bond acceptors (Lipinski definition) is 5. The topological polar surface area (TPSA) is 115 Å². The van der Waals surface area contributed by atoms with Gasteiger partial charge in [0, 0.05) is 0 Å². The Bertz CT molecular complexity index is 196. The number of aliphatic hydroxyl groups is 2. The molecule has 0 aliphatic carbocycles. The molecule has 0 unspecified atom stereocenters. The normalized spacial score (nSPS) is 9.17. The molecule has 0 radical (unpaired) electrons. The van der Waals surface area contributed by atoms with Gasteiger partial charge in [-0.3, -0.25) is 9.59 Å². The molecule has 0 fully saturated rings. The summed E-state index contributed by atoms with van der Waals surface area (Å²) in [4.78, 5) is 30.9. The molecule has 0 saturated heterocycles. The Morgan fingerprint density at radius 2 is 1.33 bits per heavy atom. The SMILES string of the molecule is O=C(O)N(C(=O)CO)C(=O)CO. The molecule has 3 N–H and O–H groups in total. The van der Waals surface area contributed by atoms with Crippen molar-refractivity contribution in [2.45, 2.75) is 0 Å². The van der Waals surface area contributed by atoms with Crippen molar-refractivity contribution in [3.8, 4) is 0 Å². The standard InChI is InChI=1S/C5H7NO6/c7-1-3(9)6(5(11)12)4(10)2-8/h7-8H,1-2H2,(H,11,12). The lowest BCUT2D eigenvalue weighted by Gasteiger charge is -2.11. The quantitative estimate of drug-likeness (QED) is 0.449. The Labute approximate surface area is 66.8 Å². The Morgan fingerprint density at radius 3 is 1.50 bits per heavy atom. The van der Waals surface area contributed by atoms with E-state index in [-0.39, 0.29) is 4.90 Å². The first kappa shape index (κ1) is 10.5. The molecule has 0 bridgehead atoms. The van der Waals surface area contributed by atoms with Gasteiger partial charge < -0.3 is 15.3 Å². The zero-order valence-corrected chi connectivity index (χ0v) is 5.93. The van der Waals surface area contributed by atoms with Crippen LogP contribution in [0.4, 0.5) is 4.79 Å². The summed E-state index contributed by atoms with van der Waals surface area (Å²) in [6.45, 7) is -2.20. The van der Waals surface area contributed by atoms with E-state index in [1.54, 1.807) is 0 Å². The van der Waals surface area contributed by atoms with Gasteiger partial charge in [0.1, 0.15) is 13.2 Å². The molecule has 0 atom stereocenters. The first-order valence-corrected chi connectivity index (χ1v) is 2.85. The molecule has 7 heteroatoms. The minimum Gasteiger partial charge on any atom is -0.464 e. The molecule has 0 aliphatic heterocycles. The highest BCUT2D eigenvalue weighted by Crippen LogP contribution is 1.91. The first-order valence-electron chi connectivity index (χ1n) is 2.85. The van der Waals surface area contributed by atoms with Crippen LogP contribution < -0.4 is 0 Å². The van der Waals surface area contributed by atoms with E-state index >= 15 is 0 Å². The molecule has 68 valence electrons. The maximum atomic E-state index is 10.5. The molecule has 0 aliphatic rings. The predicted octanol–water partition coefficient (Wildman–Crippen LogP) is -2.00. The number of carboxylic acid groups (broad SMARTS) is 1. The number of nitrogens with zero attached hydrogens (tertiary/aromatic N) is 1. The number of aliphatic hydroxyl groups excluding tert-OH is 2. The van der Waals surface area contributed by atoms with E-state index in [1.165, 1.54) is 0 Å². The van der Waals surface area contributed by atoms with E-state index in [4.69, 9.17) is 15.3 Å². The molecule has 0 aromatic heterocycles. The molecule has 0 aromatic carbocycles. The highest BCUT2D eigenvalue weighted by Gasteiger charge is 2.26. The van der Waals surface area contributed by atoms with E-state index in [0.29, 0.717) is 0 Å². The molecule has 12 heavy (non-hydrogen) atoms. The Hall–Kier alpha value is -1.47. The largest absolute Gasteiger partial charge is 0.464 e. The van der Waals surface area contributed by atoms with Crippen LogP contribution in [0, 0.1) is 0 Å². The van der Waals surface area contributed by atoms with E-state index in [1.807, 2.05) is 0 Å². The van der Waals surface area contributed by atoms with Crippen LogP contribution in [-0.2, 0) is 9.59 Å². The van der Waals surface area contributed by atoms with Gasteiger partial charge in [-0.25, -0.2) is 4.79 Å². The second-order valence-electron chi connectivity index (χ2n) is 1.72. The molecule has 0 rings (SSSR count). The summed E-state index contributed by atoms with van der Waals surface area (Å²) >= 11 is 0. The monoisotopic (exact) mass is 177 g/mol. The zero-order chi connectivity index (χ0) is 9.72. The fraction of sp³-hybridized carbons (Fsp3) is 0.400. The van der Waals surface area contributed by atoms with Crippen LogP contribution in [0.2, 0.25) is 0 Å². The third-order valence-corrected chi connectivity index (χ3v) is 0.961. The third-order valence-electron chi connectivity index (χ3n) is 0.961. The van der Waals surface area contributed by atoms with Crippen molar-refractivity contribution in [1.29, 1.82) is 0 Å². The number of rotatable bonds is 2. The van der Waals surface area contributed by atoms with Gasteiger partial charge in [-0.2, -0.15) is 4.90 Å². The summed E-state index contributed by atoms with van der Waals surface area (Å²) in [6.07, 6.45) is -1.83. The number of carbonyl (C=O) groups excluding carboxylic acids is 2. The average Bonchev–Trinajstić information content (AvgIpc) is 2.03. The third kappa shape index (κ3) is 2.29. The van der Waals surface area contributed by atoms with Gasteiger partial charge in [-0.1, -0.05) is 0 Å². The summed E-state index contributed by atoms with van der Waals surface area (Å²) in [5.74, 6) is -2.58. The van der Waals surface area contributed by atoms with Gasteiger partial charge in [0.25, 0.3) is 11.8 Å². The molecule has 3 amide bonds. The first-order chi connectivity index (χ1) is 5.54. The Morgan fingerprint density at radius 1 is 1.00 bits per heavy atom. The average molecular weight is 177 g/mol. The second kappa shape index (κ2) is 4.42. The molecule has 0 saturated carbocycles. The van der Waals surface area contributed by atoms with Gasteiger partial charge in [0.2, 0.25) is 0 Å². The summed E-state index contributed by atoms with van der Waals surface area (Å²) in [7, 11) is 0. The van der Waals surface area contributed by atoms with Crippen LogP contribution in [0.5, 0.6) is 0 Å². The van der Waals surface area contributed by atoms with Crippen molar-refractivity contribution in [3.63, 3.8) is 0 Å². The molecule has 0 heterocycles. The van der Waals surface area contributed by atoms with E-state index in [0.717, 1.165) is 0 Å². The van der Waals surface area contributed by atoms with E-state index < -0.39 is 31.1 Å². The highest BCUT2D eigenvalue weighted by atomic mass is 16.4. The number of carbonyl (C=O) groups is 3. The lowest BCUT2D eigenvalue weighted by molar-refractivity contribution is -0.145. The van der Waals surface area contributed by atoms with E-state index in [2.05, 4.69) is 0 Å². The van der Waals surface area contributed by atoms with Crippen molar-refractivity contribution in [2.24, 2.45) is 0 Å². The van der Waals surface area contributed by atoms with Crippen molar-refractivity contribution < 1.29 is 29.7 Å². The fourth-order valence-electron chi connectivity index (χ4n) is 0.494. The van der Waals surface area contributed by atoms with Gasteiger partial charge in [0.05, 0.1) is 0 Å². The van der Waals surface area contributed by atoms with Crippen LogP contribution in [0.1, 0.15) is 0 Å². The minimum absolute atomic E-state index is 0.250. The maximum Gasteiger partial charge on any atom is 0.421 e. The maximum absolute atomic E-state index is 10.5. The van der Waals surface area contributed by atoms with Crippen LogP contribution in [0.3, 0.4) is 0 Å². The number of imide groups is 3.